The molecule has 2 saturated carbocycles. The first-order valence-electron chi connectivity index (χ1n) is 10.5. The average Bonchev–Trinajstić information content (AvgIpc) is 3.43. The molecule has 2 bridgehead atoms. The van der Waals surface area contributed by atoms with Crippen LogP contribution in [-0.2, 0) is 21.4 Å². The molecule has 3 fully saturated rings. The molecule has 3 aliphatic rings. The van der Waals surface area contributed by atoms with E-state index in [1.54, 1.807) is 30.8 Å². The van der Waals surface area contributed by atoms with Gasteiger partial charge in [0.05, 0.1) is 23.2 Å². The predicted octanol–water partition coefficient (Wildman–Crippen LogP) is 2.20. The van der Waals surface area contributed by atoms with E-state index < -0.39 is 5.91 Å². The molecule has 168 valence electrons. The molecule has 10 heteroatoms. The molecule has 3 amide bonds. The van der Waals surface area contributed by atoms with E-state index in [2.05, 4.69) is 37.2 Å². The Bertz CT molecular complexity index is 1160. The standard InChI is InChI=1S/C22H22Br2N4O4/c1-10-19(22(32)28(26(10)2)11-6-4-3-5-7-11)25-14(29)9-27-20(30)15-12-8-13(16(15)21(27)31)18(24)17(12)23/h3-7,12-13,15-18H,8-9H2,1-2H3,(H,25,29)/t12-,13-,15-,16+,17-,18+/m1/s1. The summed E-state index contributed by atoms with van der Waals surface area (Å²) < 4.78 is 3.12. The minimum atomic E-state index is -0.559. The van der Waals surface area contributed by atoms with Crippen LogP contribution < -0.4 is 10.9 Å². The Balaban J connectivity index is 1.36. The van der Waals surface area contributed by atoms with E-state index in [4.69, 9.17) is 0 Å². The Kier molecular flexibility index (Phi) is 5.20. The van der Waals surface area contributed by atoms with Gasteiger partial charge in [0.2, 0.25) is 17.7 Å². The molecule has 1 aliphatic heterocycles. The molecule has 1 aromatic heterocycles. The van der Waals surface area contributed by atoms with Gasteiger partial charge in [-0.25, -0.2) is 4.68 Å². The lowest BCUT2D eigenvalue weighted by Crippen LogP contribution is -2.40. The van der Waals surface area contributed by atoms with Gasteiger partial charge < -0.3 is 5.32 Å². The smallest absolute Gasteiger partial charge is 0.295 e. The summed E-state index contributed by atoms with van der Waals surface area (Å²) in [6, 6.07) is 9.11. The van der Waals surface area contributed by atoms with Crippen LogP contribution in [-0.4, -0.2) is 48.2 Å². The van der Waals surface area contributed by atoms with Crippen molar-refractivity contribution in [1.82, 2.24) is 14.3 Å². The van der Waals surface area contributed by atoms with Crippen molar-refractivity contribution in [3.05, 3.63) is 46.4 Å². The Morgan fingerprint density at radius 1 is 1.03 bits per heavy atom. The van der Waals surface area contributed by atoms with Crippen LogP contribution in [0, 0.1) is 30.6 Å². The number of halogens is 2. The fourth-order valence-corrected chi connectivity index (χ4v) is 7.47. The summed E-state index contributed by atoms with van der Waals surface area (Å²) in [5.41, 5.74) is 1.01. The number of anilines is 1. The third-order valence-electron chi connectivity index (χ3n) is 7.20. The SMILES string of the molecule is Cc1c(NC(=O)CN2C(=O)[C@@H]3[C@H]4C[C@@H]([C@H](Br)[C@@H]4Br)[C@@H]3C2=O)c(=O)n(-c2ccccc2)n1C. The van der Waals surface area contributed by atoms with Gasteiger partial charge in [-0.15, -0.1) is 0 Å². The van der Waals surface area contributed by atoms with Gasteiger partial charge in [0.1, 0.15) is 12.2 Å². The van der Waals surface area contributed by atoms with E-state index in [0.29, 0.717) is 11.4 Å². The molecule has 0 radical (unpaired) electrons. The highest BCUT2D eigenvalue weighted by atomic mass is 79.9. The van der Waals surface area contributed by atoms with Crippen molar-refractivity contribution in [2.45, 2.75) is 23.0 Å². The van der Waals surface area contributed by atoms with Crippen LogP contribution in [0.15, 0.2) is 35.1 Å². The zero-order valence-electron chi connectivity index (χ0n) is 17.5. The number of imide groups is 1. The molecule has 1 saturated heterocycles. The van der Waals surface area contributed by atoms with Gasteiger partial charge >= 0.3 is 0 Å². The molecule has 1 N–H and O–H groups in total. The largest absolute Gasteiger partial charge is 0.318 e. The lowest BCUT2D eigenvalue weighted by atomic mass is 9.81. The van der Waals surface area contributed by atoms with Crippen LogP contribution in [0.1, 0.15) is 12.1 Å². The number of aromatic nitrogens is 2. The van der Waals surface area contributed by atoms with E-state index in [0.717, 1.165) is 11.3 Å². The number of carbonyl (C=O) groups excluding carboxylic acids is 3. The van der Waals surface area contributed by atoms with E-state index in [9.17, 15) is 19.2 Å². The van der Waals surface area contributed by atoms with Crippen molar-refractivity contribution >= 4 is 55.3 Å². The highest BCUT2D eigenvalue weighted by molar-refractivity contribution is 9.12. The summed E-state index contributed by atoms with van der Waals surface area (Å²) in [4.78, 5) is 53.2. The van der Waals surface area contributed by atoms with Gasteiger partial charge in [0.25, 0.3) is 5.56 Å². The Hall–Kier alpha value is -2.20. The number of para-hydroxylation sites is 1. The third-order valence-corrected chi connectivity index (χ3v) is 10.4. The van der Waals surface area contributed by atoms with Gasteiger partial charge in [-0.3, -0.25) is 28.8 Å². The number of hydrogen-bond donors (Lipinski definition) is 1. The number of nitrogens with zero attached hydrogens (tertiary/aromatic N) is 3. The number of likely N-dealkylation sites (tertiary alicyclic amines) is 1. The van der Waals surface area contributed by atoms with E-state index >= 15 is 0 Å². The molecule has 2 heterocycles. The summed E-state index contributed by atoms with van der Waals surface area (Å²) in [5.74, 6) is -1.67. The van der Waals surface area contributed by atoms with Gasteiger partial charge in [-0.1, -0.05) is 50.1 Å². The molecule has 0 spiro atoms. The first-order chi connectivity index (χ1) is 15.2. The third kappa shape index (κ3) is 2.98. The van der Waals surface area contributed by atoms with Crippen LogP contribution in [0.2, 0.25) is 0 Å². The van der Waals surface area contributed by atoms with Crippen LogP contribution >= 0.6 is 31.9 Å². The number of amides is 3. The second kappa shape index (κ2) is 7.69. The fourth-order valence-electron chi connectivity index (χ4n) is 5.60. The lowest BCUT2D eigenvalue weighted by molar-refractivity contribution is -0.143. The van der Waals surface area contributed by atoms with Crippen LogP contribution in [0.3, 0.4) is 0 Å². The first-order valence-corrected chi connectivity index (χ1v) is 12.3. The molecule has 2 aromatic rings. The lowest BCUT2D eigenvalue weighted by Gasteiger charge is -2.28. The first kappa shape index (κ1) is 21.6. The number of nitrogens with one attached hydrogen (secondary N) is 1. The molecule has 6 atom stereocenters. The van der Waals surface area contributed by atoms with Crippen molar-refractivity contribution < 1.29 is 14.4 Å². The summed E-state index contributed by atoms with van der Waals surface area (Å²) in [6.07, 6.45) is 0.834. The molecule has 0 unspecified atom stereocenters. The van der Waals surface area contributed by atoms with Crippen molar-refractivity contribution in [1.29, 1.82) is 0 Å². The average molecular weight is 566 g/mol. The molecule has 8 nitrogen and oxygen atoms in total. The quantitative estimate of drug-likeness (QED) is 0.454. The maximum atomic E-state index is 13.0. The maximum absolute atomic E-state index is 13.0. The molecular formula is C22H22Br2N4O4. The minimum Gasteiger partial charge on any atom is -0.318 e. The minimum absolute atomic E-state index is 0.0910. The fraction of sp³-hybridized carbons (Fsp3) is 0.455. The van der Waals surface area contributed by atoms with Gasteiger partial charge in [0, 0.05) is 16.7 Å². The Morgan fingerprint density at radius 2 is 1.59 bits per heavy atom. The predicted molar refractivity (Wildman–Crippen MR) is 125 cm³/mol. The van der Waals surface area contributed by atoms with Gasteiger partial charge in [-0.2, -0.15) is 0 Å². The molecule has 1 aromatic carbocycles. The summed E-state index contributed by atoms with van der Waals surface area (Å²) in [6.45, 7) is 1.35. The van der Waals surface area contributed by atoms with Crippen LogP contribution in [0.4, 0.5) is 5.69 Å². The maximum Gasteiger partial charge on any atom is 0.295 e. The number of benzene rings is 1. The summed E-state index contributed by atoms with van der Waals surface area (Å²) in [5, 5.41) is 2.64. The van der Waals surface area contributed by atoms with E-state index in [1.165, 1.54) is 4.68 Å². The number of fused-ring (bicyclic) bond motifs is 5. The zero-order valence-corrected chi connectivity index (χ0v) is 20.7. The highest BCUT2D eigenvalue weighted by Crippen LogP contribution is 2.60. The molecule has 32 heavy (non-hydrogen) atoms. The molecule has 5 rings (SSSR count). The topological polar surface area (TPSA) is 93.4 Å². The van der Waals surface area contributed by atoms with Crippen molar-refractivity contribution in [2.75, 3.05) is 11.9 Å². The van der Waals surface area contributed by atoms with Crippen LogP contribution in [0.25, 0.3) is 5.69 Å². The Morgan fingerprint density at radius 3 is 2.16 bits per heavy atom. The number of hydrogen-bond acceptors (Lipinski definition) is 4. The molecular weight excluding hydrogens is 544 g/mol. The number of alkyl halides is 2. The number of rotatable bonds is 4. The number of carbonyl (C=O) groups is 3. The van der Waals surface area contributed by atoms with Crippen molar-refractivity contribution in [3.63, 3.8) is 0 Å². The Labute approximate surface area is 201 Å². The molecule has 2 aliphatic carbocycles. The highest BCUT2D eigenvalue weighted by Gasteiger charge is 2.66. The van der Waals surface area contributed by atoms with Gasteiger partial charge in [0.15, 0.2) is 0 Å². The van der Waals surface area contributed by atoms with E-state index in [1.807, 2.05) is 18.2 Å². The van der Waals surface area contributed by atoms with Crippen LogP contribution in [0.5, 0.6) is 0 Å². The normalized spacial score (nSPS) is 30.8. The van der Waals surface area contributed by atoms with Gasteiger partial charge in [-0.05, 0) is 37.3 Å². The monoisotopic (exact) mass is 564 g/mol. The zero-order chi connectivity index (χ0) is 22.9. The second-order valence-corrected chi connectivity index (χ2v) is 10.9. The second-order valence-electron chi connectivity index (χ2n) is 8.75. The van der Waals surface area contributed by atoms with Crippen molar-refractivity contribution in [3.8, 4) is 5.69 Å². The summed E-state index contributed by atoms with van der Waals surface area (Å²) >= 11 is 7.31. The summed E-state index contributed by atoms with van der Waals surface area (Å²) in [7, 11) is 1.73. The van der Waals surface area contributed by atoms with Crippen molar-refractivity contribution in [2.24, 2.45) is 30.7 Å². The van der Waals surface area contributed by atoms with E-state index in [-0.39, 0.29) is 62.9 Å².